The normalized spacial score (nSPS) is 18.1. The summed E-state index contributed by atoms with van der Waals surface area (Å²) in [5, 5.41) is 10.7. The number of sulfonamides is 1. The Kier molecular flexibility index (Phi) is 3.93. The molecule has 1 aliphatic heterocycles. The Morgan fingerprint density at radius 2 is 2.00 bits per heavy atom. The second kappa shape index (κ2) is 5.71. The number of pyridine rings is 1. The van der Waals surface area contributed by atoms with Crippen molar-refractivity contribution in [3.05, 3.63) is 36.7 Å². The van der Waals surface area contributed by atoms with Gasteiger partial charge in [0.15, 0.2) is 0 Å². The Morgan fingerprint density at radius 1 is 1.24 bits per heavy atom. The van der Waals surface area contributed by atoms with Crippen molar-refractivity contribution in [1.29, 1.82) is 0 Å². The van der Waals surface area contributed by atoms with E-state index in [0.29, 0.717) is 36.2 Å². The summed E-state index contributed by atoms with van der Waals surface area (Å²) in [7, 11) is -3.50. The lowest BCUT2D eigenvalue weighted by atomic mass is 10.00. The van der Waals surface area contributed by atoms with Crippen molar-refractivity contribution in [3.8, 4) is 0 Å². The first-order valence-corrected chi connectivity index (χ1v) is 8.50. The van der Waals surface area contributed by atoms with Gasteiger partial charge in [0.25, 0.3) is 0 Å². The molecule has 0 amide bonds. The van der Waals surface area contributed by atoms with Gasteiger partial charge in [-0.1, -0.05) is 12.1 Å². The number of aliphatic hydroxyl groups excluding tert-OH is 1. The Labute approximate surface area is 124 Å². The van der Waals surface area contributed by atoms with E-state index >= 15 is 0 Å². The van der Waals surface area contributed by atoms with Gasteiger partial charge in [-0.25, -0.2) is 8.42 Å². The zero-order chi connectivity index (χ0) is 14.9. The molecule has 0 spiro atoms. The maximum Gasteiger partial charge on any atom is 0.243 e. The van der Waals surface area contributed by atoms with Crippen molar-refractivity contribution in [2.75, 3.05) is 19.7 Å². The van der Waals surface area contributed by atoms with Gasteiger partial charge in [-0.15, -0.1) is 0 Å². The highest BCUT2D eigenvalue weighted by Crippen LogP contribution is 2.28. The number of hydrogen-bond donors (Lipinski definition) is 1. The first kappa shape index (κ1) is 14.4. The smallest absolute Gasteiger partial charge is 0.243 e. The van der Waals surface area contributed by atoms with Crippen LogP contribution in [-0.4, -0.2) is 42.5 Å². The average molecular weight is 306 g/mol. The lowest BCUT2D eigenvalue weighted by molar-refractivity contribution is 0.170. The summed E-state index contributed by atoms with van der Waals surface area (Å²) < 4.78 is 27.2. The monoisotopic (exact) mass is 306 g/mol. The van der Waals surface area contributed by atoms with Gasteiger partial charge < -0.3 is 5.11 Å². The summed E-state index contributed by atoms with van der Waals surface area (Å²) in [4.78, 5) is 4.37. The van der Waals surface area contributed by atoms with Crippen LogP contribution in [0.4, 0.5) is 0 Å². The molecule has 1 N–H and O–H groups in total. The molecule has 2 heterocycles. The molecule has 5 nitrogen and oxygen atoms in total. The number of fused-ring (bicyclic) bond motifs is 1. The molecule has 0 aliphatic carbocycles. The molecule has 0 unspecified atom stereocenters. The highest BCUT2D eigenvalue weighted by atomic mass is 32.2. The van der Waals surface area contributed by atoms with Crippen LogP contribution in [0.5, 0.6) is 0 Å². The predicted octanol–water partition coefficient (Wildman–Crippen LogP) is 1.63. The Morgan fingerprint density at radius 3 is 2.71 bits per heavy atom. The summed E-state index contributed by atoms with van der Waals surface area (Å²) in [5.41, 5.74) is 0. The van der Waals surface area contributed by atoms with E-state index in [1.165, 1.54) is 4.31 Å². The molecule has 3 rings (SSSR count). The Balaban J connectivity index is 1.98. The summed E-state index contributed by atoms with van der Waals surface area (Å²) >= 11 is 0. The zero-order valence-electron chi connectivity index (χ0n) is 11.6. The highest BCUT2D eigenvalue weighted by Gasteiger charge is 2.30. The Hall–Kier alpha value is -1.50. The van der Waals surface area contributed by atoms with Crippen LogP contribution in [0.3, 0.4) is 0 Å². The zero-order valence-corrected chi connectivity index (χ0v) is 12.5. The minimum absolute atomic E-state index is 0.133. The van der Waals surface area contributed by atoms with Gasteiger partial charge in [0, 0.05) is 42.9 Å². The minimum Gasteiger partial charge on any atom is -0.396 e. The third-order valence-corrected chi connectivity index (χ3v) is 6.05. The summed E-state index contributed by atoms with van der Waals surface area (Å²) in [6, 6.07) is 7.00. The second-order valence-electron chi connectivity index (χ2n) is 5.38. The number of aromatic nitrogens is 1. The molecule has 1 saturated heterocycles. The van der Waals surface area contributed by atoms with Crippen molar-refractivity contribution >= 4 is 20.8 Å². The number of piperidine rings is 1. The maximum atomic E-state index is 12.8. The molecule has 1 aromatic heterocycles. The first-order valence-electron chi connectivity index (χ1n) is 7.06. The lowest BCUT2D eigenvalue weighted by Crippen LogP contribution is -2.39. The molecule has 0 radical (unpaired) electrons. The van der Waals surface area contributed by atoms with E-state index in [1.54, 1.807) is 30.6 Å². The first-order chi connectivity index (χ1) is 10.1. The predicted molar refractivity (Wildman–Crippen MR) is 80.3 cm³/mol. The second-order valence-corrected chi connectivity index (χ2v) is 7.29. The van der Waals surface area contributed by atoms with Crippen LogP contribution in [0.1, 0.15) is 12.8 Å². The van der Waals surface area contributed by atoms with Crippen LogP contribution >= 0.6 is 0 Å². The number of hydrogen-bond acceptors (Lipinski definition) is 4. The molecule has 1 aliphatic rings. The fraction of sp³-hybridized carbons (Fsp3) is 0.400. The van der Waals surface area contributed by atoms with Crippen molar-refractivity contribution in [2.45, 2.75) is 17.7 Å². The van der Waals surface area contributed by atoms with Crippen LogP contribution in [0, 0.1) is 5.92 Å². The van der Waals surface area contributed by atoms with Crippen LogP contribution in [0.25, 0.3) is 10.8 Å². The van der Waals surface area contributed by atoms with Gasteiger partial charge in [-0.2, -0.15) is 4.31 Å². The molecule has 0 bridgehead atoms. The number of nitrogens with zero attached hydrogens (tertiary/aromatic N) is 2. The van der Waals surface area contributed by atoms with E-state index in [2.05, 4.69) is 4.98 Å². The summed E-state index contributed by atoms with van der Waals surface area (Å²) in [6.07, 6.45) is 4.70. The molecule has 6 heteroatoms. The molecule has 2 aromatic rings. The topological polar surface area (TPSA) is 70.5 Å². The molecule has 0 atom stereocenters. The van der Waals surface area contributed by atoms with Gasteiger partial charge in [0.05, 0.1) is 4.90 Å². The van der Waals surface area contributed by atoms with Crippen molar-refractivity contribution in [3.63, 3.8) is 0 Å². The number of aliphatic hydroxyl groups is 1. The largest absolute Gasteiger partial charge is 0.396 e. The van der Waals surface area contributed by atoms with Crippen LogP contribution < -0.4 is 0 Å². The third kappa shape index (κ3) is 2.66. The van der Waals surface area contributed by atoms with Crippen LogP contribution in [-0.2, 0) is 10.0 Å². The third-order valence-electron chi connectivity index (χ3n) is 4.09. The number of benzene rings is 1. The van der Waals surface area contributed by atoms with Gasteiger partial charge in [0.2, 0.25) is 10.0 Å². The van der Waals surface area contributed by atoms with E-state index in [-0.39, 0.29) is 12.5 Å². The molecule has 0 saturated carbocycles. The molecule has 112 valence electrons. The molecular weight excluding hydrogens is 288 g/mol. The van der Waals surface area contributed by atoms with E-state index < -0.39 is 10.0 Å². The lowest BCUT2D eigenvalue weighted by Gasteiger charge is -2.30. The number of rotatable bonds is 3. The summed E-state index contributed by atoms with van der Waals surface area (Å²) in [6.45, 7) is 1.07. The highest BCUT2D eigenvalue weighted by molar-refractivity contribution is 7.89. The SMILES string of the molecule is O=S(=O)(c1cccc2cnccc12)N1CCC(CO)CC1. The maximum absolute atomic E-state index is 12.8. The van der Waals surface area contributed by atoms with Crippen LogP contribution in [0.15, 0.2) is 41.6 Å². The van der Waals surface area contributed by atoms with Crippen molar-refractivity contribution in [1.82, 2.24) is 9.29 Å². The van der Waals surface area contributed by atoms with Gasteiger partial charge in [-0.05, 0) is 30.9 Å². The fourth-order valence-electron chi connectivity index (χ4n) is 2.79. The van der Waals surface area contributed by atoms with Crippen LogP contribution in [0.2, 0.25) is 0 Å². The van der Waals surface area contributed by atoms with E-state index in [1.807, 2.05) is 6.07 Å². The molecule has 21 heavy (non-hydrogen) atoms. The molecular formula is C15H18N2O3S. The van der Waals surface area contributed by atoms with Gasteiger partial charge in [0.1, 0.15) is 0 Å². The minimum atomic E-state index is -3.50. The van der Waals surface area contributed by atoms with Gasteiger partial charge in [-0.3, -0.25) is 4.98 Å². The van der Waals surface area contributed by atoms with E-state index in [0.717, 1.165) is 5.39 Å². The average Bonchev–Trinajstić information content (AvgIpc) is 2.54. The standard InChI is InChI=1S/C15H18N2O3S/c18-11-12-5-8-17(9-6-12)21(19,20)15-3-1-2-13-10-16-7-4-14(13)15/h1-4,7,10,12,18H,5-6,8-9,11H2. The Bertz CT molecular complexity index is 732. The van der Waals surface area contributed by atoms with E-state index in [9.17, 15) is 8.42 Å². The van der Waals surface area contributed by atoms with Gasteiger partial charge >= 0.3 is 0 Å². The van der Waals surface area contributed by atoms with Crippen molar-refractivity contribution < 1.29 is 13.5 Å². The fourth-order valence-corrected chi connectivity index (χ4v) is 4.47. The molecule has 1 aromatic carbocycles. The van der Waals surface area contributed by atoms with E-state index in [4.69, 9.17) is 5.11 Å². The summed E-state index contributed by atoms with van der Waals surface area (Å²) in [5.74, 6) is 0.216. The quantitative estimate of drug-likeness (QED) is 0.935. The van der Waals surface area contributed by atoms with Crippen molar-refractivity contribution in [2.24, 2.45) is 5.92 Å². The molecule has 1 fully saturated rings.